The van der Waals surface area contributed by atoms with Crippen LogP contribution in [0.2, 0.25) is 0 Å². The Hall–Kier alpha value is -2.57. The van der Waals surface area contributed by atoms with Crippen LogP contribution in [-0.4, -0.2) is 37.5 Å². The summed E-state index contributed by atoms with van der Waals surface area (Å²) in [6, 6.07) is 6.84. The Morgan fingerprint density at radius 3 is 2.36 bits per heavy atom. The molecular formula is C18H25N2O5-. The summed E-state index contributed by atoms with van der Waals surface area (Å²) in [4.78, 5) is 33.7. The normalized spacial score (nSPS) is 10.1. The summed E-state index contributed by atoms with van der Waals surface area (Å²) in [5.41, 5.74) is 0.497. The van der Waals surface area contributed by atoms with Crippen molar-refractivity contribution in [1.29, 1.82) is 0 Å². The van der Waals surface area contributed by atoms with Gasteiger partial charge in [-0.3, -0.25) is 9.59 Å². The van der Waals surface area contributed by atoms with Crippen LogP contribution in [-0.2, 0) is 9.59 Å². The molecule has 0 aliphatic carbocycles. The van der Waals surface area contributed by atoms with Gasteiger partial charge in [0.15, 0.2) is 0 Å². The zero-order valence-electron chi connectivity index (χ0n) is 14.5. The van der Waals surface area contributed by atoms with E-state index in [4.69, 9.17) is 4.74 Å². The summed E-state index contributed by atoms with van der Waals surface area (Å²) in [7, 11) is 0. The van der Waals surface area contributed by atoms with Gasteiger partial charge in [0.2, 0.25) is 5.91 Å². The number of nitrogens with one attached hydrogen (secondary N) is 2. The molecule has 0 heterocycles. The van der Waals surface area contributed by atoms with Crippen molar-refractivity contribution < 1.29 is 24.2 Å². The molecule has 0 radical (unpaired) electrons. The second kappa shape index (κ2) is 11.9. The number of amides is 2. The predicted molar refractivity (Wildman–Crippen MR) is 91.0 cm³/mol. The number of ether oxygens (including phenoxy) is 1. The minimum atomic E-state index is -1.14. The van der Waals surface area contributed by atoms with Crippen LogP contribution in [0.4, 0.5) is 0 Å². The lowest BCUT2D eigenvalue weighted by Crippen LogP contribution is -2.31. The predicted octanol–water partition coefficient (Wildman–Crippen LogP) is 0.632. The van der Waals surface area contributed by atoms with Gasteiger partial charge in [0.05, 0.1) is 6.61 Å². The minimum Gasteiger partial charge on any atom is -0.550 e. The van der Waals surface area contributed by atoms with Gasteiger partial charge in [0.25, 0.3) is 5.91 Å². The fourth-order valence-corrected chi connectivity index (χ4v) is 1.98. The van der Waals surface area contributed by atoms with Crippen LogP contribution in [0.1, 0.15) is 49.4 Å². The molecule has 1 aromatic rings. The smallest absolute Gasteiger partial charge is 0.251 e. The third kappa shape index (κ3) is 9.34. The highest BCUT2D eigenvalue weighted by atomic mass is 16.5. The molecule has 0 atom stereocenters. The lowest BCUT2D eigenvalue weighted by molar-refractivity contribution is -0.305. The minimum absolute atomic E-state index is 0.0881. The number of carboxylic acid groups (broad SMARTS) is 1. The number of hydrogen-bond donors (Lipinski definition) is 2. The first kappa shape index (κ1) is 20.5. The molecule has 0 aromatic heterocycles. The number of aliphatic carboxylic acids is 1. The van der Waals surface area contributed by atoms with Crippen LogP contribution < -0.4 is 20.5 Å². The fourth-order valence-electron chi connectivity index (χ4n) is 1.98. The van der Waals surface area contributed by atoms with Gasteiger partial charge in [0.1, 0.15) is 5.75 Å². The third-order valence-electron chi connectivity index (χ3n) is 3.40. The van der Waals surface area contributed by atoms with Crippen molar-refractivity contribution in [3.63, 3.8) is 0 Å². The van der Waals surface area contributed by atoms with Crippen LogP contribution in [0, 0.1) is 0 Å². The molecule has 25 heavy (non-hydrogen) atoms. The summed E-state index contributed by atoms with van der Waals surface area (Å²) in [5, 5.41) is 15.5. The second-order valence-electron chi connectivity index (χ2n) is 5.56. The molecule has 0 aliphatic heterocycles. The monoisotopic (exact) mass is 349 g/mol. The summed E-state index contributed by atoms with van der Waals surface area (Å²) < 4.78 is 5.53. The Labute approximate surface area is 147 Å². The van der Waals surface area contributed by atoms with E-state index in [9.17, 15) is 19.5 Å². The zero-order valence-corrected chi connectivity index (χ0v) is 14.5. The van der Waals surface area contributed by atoms with Gasteiger partial charge in [-0.1, -0.05) is 13.3 Å². The van der Waals surface area contributed by atoms with Crippen LogP contribution in [0.25, 0.3) is 0 Å². The molecule has 0 fully saturated rings. The lowest BCUT2D eigenvalue weighted by atomic mass is 10.2. The number of carbonyl (C=O) groups is 3. The van der Waals surface area contributed by atoms with Crippen molar-refractivity contribution in [3.8, 4) is 5.75 Å². The van der Waals surface area contributed by atoms with Crippen molar-refractivity contribution in [2.45, 2.75) is 39.0 Å². The molecule has 0 saturated carbocycles. The van der Waals surface area contributed by atoms with Gasteiger partial charge >= 0.3 is 0 Å². The van der Waals surface area contributed by atoms with Crippen molar-refractivity contribution in [2.75, 3.05) is 19.7 Å². The summed E-state index contributed by atoms with van der Waals surface area (Å²) >= 11 is 0. The Morgan fingerprint density at radius 1 is 1.00 bits per heavy atom. The highest BCUT2D eigenvalue weighted by molar-refractivity contribution is 5.94. The number of hydrogen-bond acceptors (Lipinski definition) is 5. The van der Waals surface area contributed by atoms with Crippen molar-refractivity contribution in [1.82, 2.24) is 10.6 Å². The first-order valence-electron chi connectivity index (χ1n) is 8.50. The quantitative estimate of drug-likeness (QED) is 0.538. The number of unbranched alkanes of at least 4 members (excludes halogenated alkanes) is 1. The van der Waals surface area contributed by atoms with Gasteiger partial charge in [0, 0.05) is 31.0 Å². The Bertz CT molecular complexity index is 557. The molecule has 1 rings (SSSR count). The van der Waals surface area contributed by atoms with Crippen molar-refractivity contribution in [2.24, 2.45) is 0 Å². The Kier molecular flexibility index (Phi) is 9.74. The second-order valence-corrected chi connectivity index (χ2v) is 5.56. The number of benzene rings is 1. The van der Waals surface area contributed by atoms with Gasteiger partial charge in [-0.25, -0.2) is 0 Å². The third-order valence-corrected chi connectivity index (χ3v) is 3.40. The maximum absolute atomic E-state index is 12.0. The molecule has 2 N–H and O–H groups in total. The van der Waals surface area contributed by atoms with Crippen LogP contribution in [0.15, 0.2) is 24.3 Å². The lowest BCUT2D eigenvalue weighted by Gasteiger charge is -2.08. The van der Waals surface area contributed by atoms with Crippen molar-refractivity contribution >= 4 is 17.8 Å². The van der Waals surface area contributed by atoms with Crippen LogP contribution in [0.5, 0.6) is 5.75 Å². The maximum atomic E-state index is 12.0. The van der Waals surface area contributed by atoms with E-state index in [-0.39, 0.29) is 37.7 Å². The van der Waals surface area contributed by atoms with Crippen LogP contribution >= 0.6 is 0 Å². The van der Waals surface area contributed by atoms with E-state index in [1.54, 1.807) is 24.3 Å². The topological polar surface area (TPSA) is 108 Å². The molecule has 0 unspecified atom stereocenters. The first-order chi connectivity index (χ1) is 12.0. The van der Waals surface area contributed by atoms with Crippen LogP contribution in [0.3, 0.4) is 0 Å². The molecule has 1 aromatic carbocycles. The van der Waals surface area contributed by atoms with E-state index >= 15 is 0 Å². The molecule has 0 spiro atoms. The average molecular weight is 349 g/mol. The number of carboxylic acids is 1. The first-order valence-corrected chi connectivity index (χ1v) is 8.50. The largest absolute Gasteiger partial charge is 0.550 e. The van der Waals surface area contributed by atoms with E-state index in [2.05, 4.69) is 17.6 Å². The highest BCUT2D eigenvalue weighted by Gasteiger charge is 2.07. The molecule has 0 saturated heterocycles. The molecule has 138 valence electrons. The standard InChI is InChI=1S/C18H26N2O5/c1-2-3-13-25-15-8-6-14(7-9-15)18(24)20-12-10-16(21)19-11-4-5-17(22)23/h6-9H,2-5,10-13H2,1H3,(H,19,21)(H,20,24)(H,22,23)/p-1. The zero-order chi connectivity index (χ0) is 18.5. The van der Waals surface area contributed by atoms with E-state index in [0.29, 0.717) is 18.6 Å². The Morgan fingerprint density at radius 2 is 1.72 bits per heavy atom. The Balaban J connectivity index is 2.23. The van der Waals surface area contributed by atoms with Gasteiger partial charge in [-0.05, 0) is 43.5 Å². The molecule has 7 nitrogen and oxygen atoms in total. The van der Waals surface area contributed by atoms with Crippen molar-refractivity contribution in [3.05, 3.63) is 29.8 Å². The highest BCUT2D eigenvalue weighted by Crippen LogP contribution is 2.12. The van der Waals surface area contributed by atoms with Gasteiger partial charge in [-0.2, -0.15) is 0 Å². The van der Waals surface area contributed by atoms with E-state index in [0.717, 1.165) is 18.6 Å². The summed E-state index contributed by atoms with van der Waals surface area (Å²) in [6.07, 6.45) is 2.42. The summed E-state index contributed by atoms with van der Waals surface area (Å²) in [6.45, 7) is 3.23. The average Bonchev–Trinajstić information content (AvgIpc) is 2.59. The maximum Gasteiger partial charge on any atom is 0.251 e. The molecule has 7 heteroatoms. The van der Waals surface area contributed by atoms with E-state index < -0.39 is 5.97 Å². The van der Waals surface area contributed by atoms with E-state index in [1.807, 2.05) is 0 Å². The number of carbonyl (C=O) groups excluding carboxylic acids is 3. The summed E-state index contributed by atoms with van der Waals surface area (Å²) in [5.74, 6) is -0.910. The SMILES string of the molecule is CCCCOc1ccc(C(=O)NCCC(=O)NCCCC(=O)[O-])cc1. The molecule has 0 aliphatic rings. The van der Waals surface area contributed by atoms with E-state index in [1.165, 1.54) is 0 Å². The molecule has 2 amide bonds. The number of rotatable bonds is 12. The fraction of sp³-hybridized carbons (Fsp3) is 0.500. The molecular weight excluding hydrogens is 324 g/mol. The van der Waals surface area contributed by atoms with Gasteiger partial charge < -0.3 is 25.3 Å². The molecule has 0 bridgehead atoms. The van der Waals surface area contributed by atoms with Gasteiger partial charge in [-0.15, -0.1) is 0 Å².